The highest BCUT2D eigenvalue weighted by Crippen LogP contribution is 2.14. The summed E-state index contributed by atoms with van der Waals surface area (Å²) in [6, 6.07) is 0.386. The maximum absolute atomic E-state index is 4.28. The largest absolute Gasteiger partial charge is 0.309 e. The van der Waals surface area contributed by atoms with E-state index in [-0.39, 0.29) is 0 Å². The number of rotatable bonds is 6. The molecule has 0 aliphatic rings. The Morgan fingerprint density at radius 2 is 2.36 bits per heavy atom. The predicted molar refractivity (Wildman–Crippen MR) is 61.7 cm³/mol. The Labute approximate surface area is 90.2 Å². The molecule has 0 amide bonds. The Balaban J connectivity index is 2.13. The minimum atomic E-state index is 0.386. The smallest absolute Gasteiger partial charge is 0.109 e. The molecule has 0 radical (unpaired) electrons. The fraction of sp³-hybridized carbons (Fsp3) is 0.700. The lowest BCUT2D eigenvalue weighted by atomic mass is 10.3. The Kier molecular flexibility index (Phi) is 5.07. The molecule has 80 valence electrons. The van der Waals surface area contributed by atoms with Crippen molar-refractivity contribution in [2.24, 2.45) is 0 Å². The fourth-order valence-electron chi connectivity index (χ4n) is 1.25. The molecule has 14 heavy (non-hydrogen) atoms. The summed E-state index contributed by atoms with van der Waals surface area (Å²) in [5.74, 6) is 0. The summed E-state index contributed by atoms with van der Waals surface area (Å²) >= 11 is 1.71. The molecular formula is C10H19N3S. The monoisotopic (exact) mass is 213 g/mol. The topological polar surface area (TPSA) is 28.2 Å². The second-order valence-electron chi connectivity index (χ2n) is 3.70. The van der Waals surface area contributed by atoms with E-state index in [0.717, 1.165) is 13.1 Å². The van der Waals surface area contributed by atoms with Gasteiger partial charge < -0.3 is 10.2 Å². The Morgan fingerprint density at radius 3 is 2.93 bits per heavy atom. The highest BCUT2D eigenvalue weighted by Gasteiger charge is 2.05. The van der Waals surface area contributed by atoms with Crippen LogP contribution < -0.4 is 5.32 Å². The Bertz CT molecular complexity index is 234. The van der Waals surface area contributed by atoms with E-state index in [1.54, 1.807) is 11.3 Å². The van der Waals surface area contributed by atoms with Gasteiger partial charge in [0.25, 0.3) is 0 Å². The third-order valence-electron chi connectivity index (χ3n) is 2.05. The van der Waals surface area contributed by atoms with E-state index in [1.807, 2.05) is 11.6 Å². The van der Waals surface area contributed by atoms with Gasteiger partial charge in [0.1, 0.15) is 5.01 Å². The third-order valence-corrected chi connectivity index (χ3v) is 3.01. The standard InChI is InChI=1S/C10H19N3S/c1-9(10-12-6-8-14-10)11-5-4-7-13(2)3/h6,8-9,11H,4-5,7H2,1-3H3/t9-/m1/s1. The van der Waals surface area contributed by atoms with Crippen LogP contribution in [-0.4, -0.2) is 37.1 Å². The molecule has 1 heterocycles. The molecule has 1 rings (SSSR count). The van der Waals surface area contributed by atoms with Crippen LogP contribution >= 0.6 is 11.3 Å². The van der Waals surface area contributed by atoms with E-state index < -0.39 is 0 Å². The molecule has 4 heteroatoms. The van der Waals surface area contributed by atoms with Crippen molar-refractivity contribution in [3.8, 4) is 0 Å². The van der Waals surface area contributed by atoms with Gasteiger partial charge in [-0.3, -0.25) is 0 Å². The summed E-state index contributed by atoms with van der Waals surface area (Å²) in [4.78, 5) is 6.48. The first-order valence-corrected chi connectivity index (χ1v) is 5.85. The normalized spacial score (nSPS) is 13.4. The maximum Gasteiger partial charge on any atom is 0.109 e. The van der Waals surface area contributed by atoms with Crippen LogP contribution in [0.3, 0.4) is 0 Å². The SMILES string of the molecule is C[C@@H](NCCCN(C)C)c1nccs1. The number of thiazole rings is 1. The molecule has 0 unspecified atom stereocenters. The Morgan fingerprint density at radius 1 is 1.57 bits per heavy atom. The van der Waals surface area contributed by atoms with E-state index in [2.05, 4.69) is 36.2 Å². The van der Waals surface area contributed by atoms with E-state index in [0.29, 0.717) is 6.04 Å². The fourth-order valence-corrected chi connectivity index (χ4v) is 1.92. The van der Waals surface area contributed by atoms with Gasteiger partial charge in [-0.15, -0.1) is 11.3 Å². The molecular weight excluding hydrogens is 194 g/mol. The summed E-state index contributed by atoms with van der Waals surface area (Å²) in [6.07, 6.45) is 3.04. The molecule has 0 aromatic carbocycles. The zero-order chi connectivity index (χ0) is 10.4. The van der Waals surface area contributed by atoms with Crippen LogP contribution in [0.4, 0.5) is 0 Å². The van der Waals surface area contributed by atoms with Crippen LogP contribution in [0.5, 0.6) is 0 Å². The van der Waals surface area contributed by atoms with Gasteiger partial charge in [-0.1, -0.05) is 0 Å². The molecule has 3 nitrogen and oxygen atoms in total. The van der Waals surface area contributed by atoms with Crippen LogP contribution in [0.1, 0.15) is 24.4 Å². The average Bonchev–Trinajstić information content (AvgIpc) is 2.64. The molecule has 0 bridgehead atoms. The van der Waals surface area contributed by atoms with Gasteiger partial charge in [-0.2, -0.15) is 0 Å². The molecule has 0 saturated carbocycles. The minimum absolute atomic E-state index is 0.386. The summed E-state index contributed by atoms with van der Waals surface area (Å²) in [7, 11) is 4.20. The van der Waals surface area contributed by atoms with Gasteiger partial charge in [0.15, 0.2) is 0 Å². The third kappa shape index (κ3) is 4.17. The van der Waals surface area contributed by atoms with Crippen molar-refractivity contribution in [3.63, 3.8) is 0 Å². The van der Waals surface area contributed by atoms with Crippen molar-refractivity contribution < 1.29 is 0 Å². The molecule has 0 spiro atoms. The van der Waals surface area contributed by atoms with E-state index in [4.69, 9.17) is 0 Å². The van der Waals surface area contributed by atoms with Crippen LogP contribution in [0, 0.1) is 0 Å². The number of nitrogens with one attached hydrogen (secondary N) is 1. The van der Waals surface area contributed by atoms with Gasteiger partial charge in [0, 0.05) is 11.6 Å². The molecule has 1 N–H and O–H groups in total. The van der Waals surface area contributed by atoms with Crippen LogP contribution in [0.25, 0.3) is 0 Å². The molecule has 0 saturated heterocycles. The zero-order valence-electron chi connectivity index (χ0n) is 9.16. The van der Waals surface area contributed by atoms with Crippen LogP contribution in [-0.2, 0) is 0 Å². The molecule has 1 aromatic heterocycles. The van der Waals surface area contributed by atoms with Crippen LogP contribution in [0.15, 0.2) is 11.6 Å². The summed E-state index contributed by atoms with van der Waals surface area (Å²) in [5.41, 5.74) is 0. The number of nitrogens with zero attached hydrogens (tertiary/aromatic N) is 2. The van der Waals surface area contributed by atoms with Gasteiger partial charge >= 0.3 is 0 Å². The molecule has 0 aliphatic heterocycles. The molecule has 0 aliphatic carbocycles. The average molecular weight is 213 g/mol. The van der Waals surface area contributed by atoms with Crippen LogP contribution in [0.2, 0.25) is 0 Å². The van der Waals surface area contributed by atoms with Gasteiger partial charge in [-0.25, -0.2) is 4.98 Å². The lowest BCUT2D eigenvalue weighted by Gasteiger charge is -2.13. The van der Waals surface area contributed by atoms with Crippen molar-refractivity contribution in [1.82, 2.24) is 15.2 Å². The predicted octanol–water partition coefficient (Wildman–Crippen LogP) is 1.75. The molecule has 0 fully saturated rings. The van der Waals surface area contributed by atoms with Crippen molar-refractivity contribution in [3.05, 3.63) is 16.6 Å². The number of aromatic nitrogens is 1. The van der Waals surface area contributed by atoms with Crippen molar-refractivity contribution >= 4 is 11.3 Å². The first kappa shape index (κ1) is 11.6. The first-order valence-electron chi connectivity index (χ1n) is 4.97. The minimum Gasteiger partial charge on any atom is -0.309 e. The van der Waals surface area contributed by atoms with Gasteiger partial charge in [-0.05, 0) is 40.5 Å². The second-order valence-corrected chi connectivity index (χ2v) is 4.63. The number of hydrogen-bond donors (Lipinski definition) is 1. The van der Waals surface area contributed by atoms with Crippen molar-refractivity contribution in [2.45, 2.75) is 19.4 Å². The van der Waals surface area contributed by atoms with Gasteiger partial charge in [0.05, 0.1) is 6.04 Å². The van der Waals surface area contributed by atoms with E-state index in [1.165, 1.54) is 11.4 Å². The van der Waals surface area contributed by atoms with Crippen molar-refractivity contribution in [1.29, 1.82) is 0 Å². The lowest BCUT2D eigenvalue weighted by molar-refractivity contribution is 0.389. The summed E-state index contributed by atoms with van der Waals surface area (Å²) in [5, 5.41) is 6.66. The Hall–Kier alpha value is -0.450. The quantitative estimate of drug-likeness (QED) is 0.730. The van der Waals surface area contributed by atoms with E-state index in [9.17, 15) is 0 Å². The van der Waals surface area contributed by atoms with E-state index >= 15 is 0 Å². The summed E-state index contributed by atoms with van der Waals surface area (Å²) < 4.78 is 0. The molecule has 1 aromatic rings. The number of hydrogen-bond acceptors (Lipinski definition) is 4. The second kappa shape index (κ2) is 6.11. The lowest BCUT2D eigenvalue weighted by Crippen LogP contribution is -2.23. The maximum atomic E-state index is 4.28. The summed E-state index contributed by atoms with van der Waals surface area (Å²) in [6.45, 7) is 4.35. The molecule has 1 atom stereocenters. The van der Waals surface area contributed by atoms with Gasteiger partial charge in [0.2, 0.25) is 0 Å². The zero-order valence-corrected chi connectivity index (χ0v) is 9.97. The highest BCUT2D eigenvalue weighted by molar-refractivity contribution is 7.09. The highest BCUT2D eigenvalue weighted by atomic mass is 32.1. The first-order chi connectivity index (χ1) is 6.70. The van der Waals surface area contributed by atoms with Crippen molar-refractivity contribution in [2.75, 3.05) is 27.2 Å².